The van der Waals surface area contributed by atoms with Crippen LogP contribution in [0.1, 0.15) is 12.0 Å². The number of nitrogens with zero attached hydrogens (tertiary/aromatic N) is 1. The molecule has 1 aromatic carbocycles. The quantitative estimate of drug-likeness (QED) is 0.737. The predicted molar refractivity (Wildman–Crippen MR) is 94.9 cm³/mol. The molecule has 0 spiro atoms. The Kier molecular flexibility index (Phi) is 5.92. The van der Waals surface area contributed by atoms with E-state index < -0.39 is 12.6 Å². The van der Waals surface area contributed by atoms with Gasteiger partial charge in [-0.25, -0.2) is 4.79 Å². The lowest BCUT2D eigenvalue weighted by atomic mass is 9.75. The number of benzene rings is 1. The molecule has 1 aromatic rings. The number of fused-ring (bicyclic) bond motifs is 1. The summed E-state index contributed by atoms with van der Waals surface area (Å²) in [6.45, 7) is 3.40. The average Bonchev–Trinajstić information content (AvgIpc) is 2.98. The van der Waals surface area contributed by atoms with Gasteiger partial charge >= 0.3 is 5.97 Å². The number of halogens is 1. The van der Waals surface area contributed by atoms with Gasteiger partial charge in [0.2, 0.25) is 0 Å². The van der Waals surface area contributed by atoms with Crippen LogP contribution in [-0.4, -0.2) is 67.7 Å². The maximum Gasteiger partial charge on any atom is 0.341 e. The van der Waals surface area contributed by atoms with Crippen LogP contribution in [0.5, 0.6) is 11.5 Å². The first kappa shape index (κ1) is 19.2. The lowest BCUT2D eigenvalue weighted by molar-refractivity contribution is -0.139. The molecule has 3 rings (SSSR count). The zero-order chi connectivity index (χ0) is 18.7. The Morgan fingerprint density at radius 3 is 2.96 bits per heavy atom. The largest absolute Gasteiger partial charge is 0.493 e. The molecule has 0 aliphatic carbocycles. The summed E-state index contributed by atoms with van der Waals surface area (Å²) in [5.41, 5.74) is 0.860. The summed E-state index contributed by atoms with van der Waals surface area (Å²) in [4.78, 5) is 13.0. The second-order valence-electron chi connectivity index (χ2n) is 7.00. The molecule has 0 unspecified atom stereocenters. The molecule has 144 valence electrons. The van der Waals surface area contributed by atoms with E-state index in [-0.39, 0.29) is 17.8 Å². The summed E-state index contributed by atoms with van der Waals surface area (Å²) >= 11 is 6.28. The molecule has 2 atom stereocenters. The molecule has 2 aliphatic heterocycles. The van der Waals surface area contributed by atoms with Crippen LogP contribution in [0, 0.1) is 11.3 Å². The van der Waals surface area contributed by atoms with Gasteiger partial charge in [-0.2, -0.15) is 0 Å². The zero-order valence-corrected chi connectivity index (χ0v) is 15.5. The second kappa shape index (κ2) is 8.00. The molecule has 7 nitrogen and oxygen atoms in total. The molecule has 0 bridgehead atoms. The Morgan fingerprint density at radius 1 is 1.50 bits per heavy atom. The number of rotatable bonds is 7. The number of carbonyl (C=O) groups is 1. The van der Waals surface area contributed by atoms with Crippen molar-refractivity contribution in [2.75, 3.05) is 46.6 Å². The number of ether oxygens (including phenoxy) is 3. The van der Waals surface area contributed by atoms with E-state index in [1.807, 2.05) is 6.07 Å². The molecule has 0 radical (unpaired) electrons. The number of aliphatic carboxylic acids is 1. The molecular weight excluding hydrogens is 362 g/mol. The van der Waals surface area contributed by atoms with E-state index in [0.717, 1.165) is 25.1 Å². The molecular formula is C18H24ClNO6. The summed E-state index contributed by atoms with van der Waals surface area (Å²) in [7, 11) is 1.49. The van der Waals surface area contributed by atoms with Crippen molar-refractivity contribution in [3.05, 3.63) is 22.7 Å². The molecule has 0 saturated carbocycles. The van der Waals surface area contributed by atoms with Crippen LogP contribution in [0.2, 0.25) is 5.02 Å². The molecule has 8 heteroatoms. The third-order valence-electron chi connectivity index (χ3n) is 5.30. The Hall–Kier alpha value is -1.54. The molecule has 2 aliphatic rings. The number of hydrogen-bond donors (Lipinski definition) is 2. The first-order chi connectivity index (χ1) is 12.5. The number of carboxylic acids is 1. The van der Waals surface area contributed by atoms with Gasteiger partial charge in [-0.15, -0.1) is 0 Å². The van der Waals surface area contributed by atoms with E-state index >= 15 is 0 Å². The molecule has 2 heterocycles. The second-order valence-corrected chi connectivity index (χ2v) is 7.41. The fourth-order valence-electron chi connectivity index (χ4n) is 3.93. The van der Waals surface area contributed by atoms with Gasteiger partial charge in [0.15, 0.2) is 18.1 Å². The Bertz CT molecular complexity index is 669. The van der Waals surface area contributed by atoms with Crippen molar-refractivity contribution in [3.8, 4) is 11.5 Å². The first-order valence-electron chi connectivity index (χ1n) is 8.59. The van der Waals surface area contributed by atoms with Crippen molar-refractivity contribution < 1.29 is 29.2 Å². The number of hydrogen-bond acceptors (Lipinski definition) is 6. The normalized spacial score (nSPS) is 25.7. The average molecular weight is 386 g/mol. The van der Waals surface area contributed by atoms with E-state index in [4.69, 9.17) is 30.9 Å². The summed E-state index contributed by atoms with van der Waals surface area (Å²) in [6, 6.07) is 3.58. The number of likely N-dealkylation sites (tertiary alicyclic amines) is 1. The van der Waals surface area contributed by atoms with Gasteiger partial charge in [-0.1, -0.05) is 11.6 Å². The van der Waals surface area contributed by atoms with E-state index in [9.17, 15) is 9.90 Å². The molecule has 0 amide bonds. The van der Waals surface area contributed by atoms with Crippen LogP contribution in [0.15, 0.2) is 12.1 Å². The topological polar surface area (TPSA) is 88.5 Å². The molecule has 2 saturated heterocycles. The third kappa shape index (κ3) is 3.91. The minimum Gasteiger partial charge on any atom is -0.493 e. The van der Waals surface area contributed by atoms with Crippen molar-refractivity contribution in [2.24, 2.45) is 11.3 Å². The van der Waals surface area contributed by atoms with Gasteiger partial charge in [-0.05, 0) is 24.1 Å². The predicted octanol–water partition coefficient (Wildman–Crippen LogP) is 1.64. The standard InChI is InChI=1S/C18H24ClNO6/c1-24-15-5-12(4-14(19)17(15)26-9-16(22)23)6-20-7-13-8-25-3-2-18(13,10-20)11-21/h4-5,13,21H,2-3,6-11H2,1H3,(H,22,23)/t13-,18-/m1/s1. The molecule has 2 N–H and O–H groups in total. The zero-order valence-electron chi connectivity index (χ0n) is 14.7. The SMILES string of the molecule is COc1cc(CN2C[C@@H]3COCC[C@]3(CO)C2)cc(Cl)c1OCC(=O)O. The summed E-state index contributed by atoms with van der Waals surface area (Å²) in [5, 5.41) is 19.0. The molecule has 2 fully saturated rings. The van der Waals surface area contributed by atoms with E-state index in [2.05, 4.69) is 4.90 Å². The fraction of sp³-hybridized carbons (Fsp3) is 0.611. The number of aliphatic hydroxyl groups is 1. The van der Waals surface area contributed by atoms with Crippen LogP contribution in [0.3, 0.4) is 0 Å². The van der Waals surface area contributed by atoms with Gasteiger partial charge in [0.25, 0.3) is 0 Å². The van der Waals surface area contributed by atoms with Gasteiger partial charge in [-0.3, -0.25) is 4.90 Å². The highest BCUT2D eigenvalue weighted by Crippen LogP contribution is 2.43. The van der Waals surface area contributed by atoms with Crippen LogP contribution in [0.25, 0.3) is 0 Å². The van der Waals surface area contributed by atoms with Crippen molar-refractivity contribution in [1.29, 1.82) is 0 Å². The Balaban J connectivity index is 1.74. The van der Waals surface area contributed by atoms with Gasteiger partial charge < -0.3 is 24.4 Å². The lowest BCUT2D eigenvalue weighted by Crippen LogP contribution is -2.41. The van der Waals surface area contributed by atoms with Gasteiger partial charge in [0.05, 0.1) is 25.3 Å². The van der Waals surface area contributed by atoms with Crippen molar-refractivity contribution in [3.63, 3.8) is 0 Å². The van der Waals surface area contributed by atoms with Crippen LogP contribution < -0.4 is 9.47 Å². The number of carboxylic acid groups (broad SMARTS) is 1. The summed E-state index contributed by atoms with van der Waals surface area (Å²) < 4.78 is 16.1. The van der Waals surface area contributed by atoms with E-state index in [1.54, 1.807) is 6.07 Å². The van der Waals surface area contributed by atoms with Crippen LogP contribution in [0.4, 0.5) is 0 Å². The van der Waals surface area contributed by atoms with Crippen molar-refractivity contribution in [1.82, 2.24) is 4.90 Å². The van der Waals surface area contributed by atoms with E-state index in [0.29, 0.717) is 36.4 Å². The lowest BCUT2D eigenvalue weighted by Gasteiger charge is -2.36. The minimum atomic E-state index is -1.08. The first-order valence-corrected chi connectivity index (χ1v) is 8.97. The van der Waals surface area contributed by atoms with Gasteiger partial charge in [0.1, 0.15) is 0 Å². The third-order valence-corrected chi connectivity index (χ3v) is 5.58. The minimum absolute atomic E-state index is 0.0866. The Morgan fingerprint density at radius 2 is 2.31 bits per heavy atom. The van der Waals surface area contributed by atoms with E-state index in [1.165, 1.54) is 7.11 Å². The van der Waals surface area contributed by atoms with Crippen molar-refractivity contribution in [2.45, 2.75) is 13.0 Å². The molecule has 26 heavy (non-hydrogen) atoms. The highest BCUT2D eigenvalue weighted by molar-refractivity contribution is 6.32. The Labute approximate surface area is 157 Å². The fourth-order valence-corrected chi connectivity index (χ4v) is 4.22. The van der Waals surface area contributed by atoms with Crippen molar-refractivity contribution >= 4 is 17.6 Å². The van der Waals surface area contributed by atoms with Crippen LogP contribution >= 0.6 is 11.6 Å². The molecule has 0 aromatic heterocycles. The highest BCUT2D eigenvalue weighted by Gasteiger charge is 2.47. The summed E-state index contributed by atoms with van der Waals surface area (Å²) in [5.74, 6) is -0.110. The smallest absolute Gasteiger partial charge is 0.341 e. The highest BCUT2D eigenvalue weighted by atomic mass is 35.5. The van der Waals surface area contributed by atoms with Gasteiger partial charge in [0, 0.05) is 37.6 Å². The van der Waals surface area contributed by atoms with Crippen LogP contribution in [-0.2, 0) is 16.1 Å². The monoisotopic (exact) mass is 385 g/mol. The maximum absolute atomic E-state index is 10.7. The maximum atomic E-state index is 10.7. The summed E-state index contributed by atoms with van der Waals surface area (Å²) in [6.07, 6.45) is 0.872. The number of methoxy groups -OCH3 is 1. The number of aliphatic hydroxyl groups excluding tert-OH is 1.